The van der Waals surface area contributed by atoms with Crippen LogP contribution in [0.5, 0.6) is 5.75 Å². The first-order chi connectivity index (χ1) is 9.08. The zero-order valence-electron chi connectivity index (χ0n) is 10.4. The van der Waals surface area contributed by atoms with E-state index in [2.05, 4.69) is 10.2 Å². The molecule has 0 spiro atoms. The van der Waals surface area contributed by atoms with Crippen molar-refractivity contribution in [3.05, 3.63) is 33.6 Å². The first kappa shape index (κ1) is 13.7. The highest BCUT2D eigenvalue weighted by Gasteiger charge is 2.20. The van der Waals surface area contributed by atoms with E-state index >= 15 is 0 Å². The van der Waals surface area contributed by atoms with Gasteiger partial charge in [0, 0.05) is 38.3 Å². The summed E-state index contributed by atoms with van der Waals surface area (Å²) in [4.78, 5) is 12.1. The second kappa shape index (κ2) is 5.94. The van der Waals surface area contributed by atoms with Crippen LogP contribution in [-0.2, 0) is 6.42 Å². The Bertz CT molecular complexity index is 476. The van der Waals surface area contributed by atoms with Gasteiger partial charge in [0.15, 0.2) is 5.75 Å². The summed E-state index contributed by atoms with van der Waals surface area (Å²) in [7, 11) is 0. The van der Waals surface area contributed by atoms with E-state index in [1.54, 1.807) is 0 Å². The number of nitrogens with zero attached hydrogens (tertiary/aromatic N) is 2. The Kier molecular flexibility index (Phi) is 4.28. The molecule has 1 heterocycles. The van der Waals surface area contributed by atoms with Gasteiger partial charge < -0.3 is 15.3 Å². The standard InChI is InChI=1S/C12H16FN3O3/c13-10-7-9(12(17)11(8-10)16(18)19)1-4-15-5-2-14-3-6-15/h7-8,14,17H,1-6H2. The van der Waals surface area contributed by atoms with Crippen LogP contribution in [-0.4, -0.2) is 47.7 Å². The summed E-state index contributed by atoms with van der Waals surface area (Å²) in [5.41, 5.74) is -0.291. The molecule has 0 atom stereocenters. The second-order valence-corrected chi connectivity index (χ2v) is 4.53. The van der Waals surface area contributed by atoms with Gasteiger partial charge in [-0.25, -0.2) is 4.39 Å². The lowest BCUT2D eigenvalue weighted by atomic mass is 10.1. The Labute approximate surface area is 110 Å². The molecule has 1 aromatic carbocycles. The van der Waals surface area contributed by atoms with Crippen LogP contribution in [0.3, 0.4) is 0 Å². The van der Waals surface area contributed by atoms with Gasteiger partial charge >= 0.3 is 5.69 Å². The van der Waals surface area contributed by atoms with E-state index in [-0.39, 0.29) is 5.56 Å². The van der Waals surface area contributed by atoms with Crippen LogP contribution in [0.1, 0.15) is 5.56 Å². The van der Waals surface area contributed by atoms with Gasteiger partial charge in [0.2, 0.25) is 0 Å². The highest BCUT2D eigenvalue weighted by molar-refractivity contribution is 5.51. The van der Waals surface area contributed by atoms with E-state index in [1.165, 1.54) is 0 Å². The molecule has 2 N–H and O–H groups in total. The molecule has 7 heteroatoms. The second-order valence-electron chi connectivity index (χ2n) is 4.53. The Hall–Kier alpha value is -1.73. The Morgan fingerprint density at radius 1 is 1.42 bits per heavy atom. The van der Waals surface area contributed by atoms with Gasteiger partial charge in [-0.05, 0) is 12.5 Å². The SMILES string of the molecule is O=[N+]([O-])c1cc(F)cc(CCN2CCNCC2)c1O. The van der Waals surface area contributed by atoms with Gasteiger partial charge in [-0.1, -0.05) is 0 Å². The van der Waals surface area contributed by atoms with Crippen LogP contribution >= 0.6 is 0 Å². The van der Waals surface area contributed by atoms with Crippen LogP contribution in [0.2, 0.25) is 0 Å². The van der Waals surface area contributed by atoms with E-state index < -0.39 is 22.2 Å². The normalized spacial score (nSPS) is 16.5. The van der Waals surface area contributed by atoms with Gasteiger partial charge in [0.05, 0.1) is 11.0 Å². The molecular formula is C12H16FN3O3. The van der Waals surface area contributed by atoms with Crippen molar-refractivity contribution in [2.24, 2.45) is 0 Å². The molecule has 1 aliphatic heterocycles. The topological polar surface area (TPSA) is 78.6 Å². The summed E-state index contributed by atoms with van der Waals surface area (Å²) >= 11 is 0. The molecule has 1 saturated heterocycles. The molecule has 0 aromatic heterocycles. The van der Waals surface area contributed by atoms with Gasteiger partial charge in [0.1, 0.15) is 5.82 Å². The van der Waals surface area contributed by atoms with Gasteiger partial charge in [0.25, 0.3) is 0 Å². The number of benzene rings is 1. The molecular weight excluding hydrogens is 253 g/mol. The van der Waals surface area contributed by atoms with Crippen LogP contribution in [0.4, 0.5) is 10.1 Å². The van der Waals surface area contributed by atoms with Crippen molar-refractivity contribution in [2.45, 2.75) is 6.42 Å². The number of nitro groups is 1. The third-order valence-electron chi connectivity index (χ3n) is 3.24. The fourth-order valence-electron chi connectivity index (χ4n) is 2.18. The molecule has 1 aromatic rings. The molecule has 0 radical (unpaired) electrons. The summed E-state index contributed by atoms with van der Waals surface area (Å²) in [5.74, 6) is -1.12. The summed E-state index contributed by atoms with van der Waals surface area (Å²) in [6.07, 6.45) is 0.393. The molecule has 1 aliphatic rings. The minimum Gasteiger partial charge on any atom is -0.502 e. The number of hydrogen-bond acceptors (Lipinski definition) is 5. The van der Waals surface area contributed by atoms with Crippen molar-refractivity contribution in [2.75, 3.05) is 32.7 Å². The zero-order chi connectivity index (χ0) is 13.8. The van der Waals surface area contributed by atoms with E-state index in [1.807, 2.05) is 0 Å². The maximum atomic E-state index is 13.3. The average molecular weight is 269 g/mol. The number of halogens is 1. The van der Waals surface area contributed by atoms with E-state index in [9.17, 15) is 19.6 Å². The molecule has 6 nitrogen and oxygen atoms in total. The van der Waals surface area contributed by atoms with Crippen molar-refractivity contribution in [3.63, 3.8) is 0 Å². The number of nitro benzene ring substituents is 1. The fraction of sp³-hybridized carbons (Fsp3) is 0.500. The Morgan fingerprint density at radius 3 is 2.74 bits per heavy atom. The van der Waals surface area contributed by atoms with E-state index in [4.69, 9.17) is 0 Å². The van der Waals surface area contributed by atoms with Crippen molar-refractivity contribution in [1.82, 2.24) is 10.2 Å². The highest BCUT2D eigenvalue weighted by Crippen LogP contribution is 2.31. The number of nitrogens with one attached hydrogen (secondary N) is 1. The first-order valence-electron chi connectivity index (χ1n) is 6.17. The molecule has 2 rings (SSSR count). The number of hydrogen-bond donors (Lipinski definition) is 2. The van der Waals surface area contributed by atoms with E-state index in [0.29, 0.717) is 13.0 Å². The lowest BCUT2D eigenvalue weighted by Crippen LogP contribution is -2.44. The lowest BCUT2D eigenvalue weighted by Gasteiger charge is -2.27. The quantitative estimate of drug-likeness (QED) is 0.627. The van der Waals surface area contributed by atoms with Gasteiger partial charge in [-0.15, -0.1) is 0 Å². The predicted molar refractivity (Wildman–Crippen MR) is 67.7 cm³/mol. The van der Waals surface area contributed by atoms with Crippen molar-refractivity contribution >= 4 is 5.69 Å². The predicted octanol–water partition coefficient (Wildman–Crippen LogP) is 0.887. The summed E-state index contributed by atoms with van der Waals surface area (Å²) in [6, 6.07) is 1.90. The van der Waals surface area contributed by atoms with Crippen LogP contribution in [0.15, 0.2) is 12.1 Å². The highest BCUT2D eigenvalue weighted by atomic mass is 19.1. The maximum Gasteiger partial charge on any atom is 0.313 e. The number of aromatic hydroxyl groups is 1. The maximum absolute atomic E-state index is 13.3. The third kappa shape index (κ3) is 3.39. The average Bonchev–Trinajstić information content (AvgIpc) is 2.40. The summed E-state index contributed by atoms with van der Waals surface area (Å²) in [5, 5.41) is 23.7. The number of phenols is 1. The van der Waals surface area contributed by atoms with Crippen molar-refractivity contribution < 1.29 is 14.4 Å². The zero-order valence-corrected chi connectivity index (χ0v) is 10.4. The minimum atomic E-state index is -0.771. The van der Waals surface area contributed by atoms with Gasteiger partial charge in [-0.2, -0.15) is 0 Å². The number of piperazine rings is 1. The van der Waals surface area contributed by atoms with Crippen molar-refractivity contribution in [1.29, 1.82) is 0 Å². The minimum absolute atomic E-state index is 0.283. The van der Waals surface area contributed by atoms with Crippen LogP contribution in [0.25, 0.3) is 0 Å². The third-order valence-corrected chi connectivity index (χ3v) is 3.24. The number of rotatable bonds is 4. The largest absolute Gasteiger partial charge is 0.502 e. The molecule has 19 heavy (non-hydrogen) atoms. The molecule has 0 bridgehead atoms. The summed E-state index contributed by atoms with van der Waals surface area (Å²) in [6.45, 7) is 4.22. The Morgan fingerprint density at radius 2 is 2.11 bits per heavy atom. The lowest BCUT2D eigenvalue weighted by molar-refractivity contribution is -0.386. The Balaban J connectivity index is 2.08. The molecule has 1 fully saturated rings. The molecule has 0 unspecified atom stereocenters. The summed E-state index contributed by atoms with van der Waals surface area (Å²) < 4.78 is 13.3. The molecule has 104 valence electrons. The monoisotopic (exact) mass is 269 g/mol. The smallest absolute Gasteiger partial charge is 0.313 e. The van der Waals surface area contributed by atoms with Crippen LogP contribution < -0.4 is 5.32 Å². The van der Waals surface area contributed by atoms with E-state index in [0.717, 1.165) is 38.3 Å². The van der Waals surface area contributed by atoms with Gasteiger partial charge in [-0.3, -0.25) is 10.1 Å². The van der Waals surface area contributed by atoms with Crippen LogP contribution in [0, 0.1) is 15.9 Å². The first-order valence-corrected chi connectivity index (χ1v) is 6.17. The van der Waals surface area contributed by atoms with Crippen molar-refractivity contribution in [3.8, 4) is 5.75 Å². The molecule has 0 aliphatic carbocycles. The number of phenolic OH excluding ortho intramolecular Hbond substituents is 1. The molecule has 0 saturated carbocycles. The molecule has 0 amide bonds. The fourth-order valence-corrected chi connectivity index (χ4v) is 2.18.